The standard InChI is InChI=1S/C61H37NOS/c1-2-15-39(16-3-1)49-36-42(37-58-59(49)48-21-8-13-28-57(48)64-58)62(41-32-29-38(30-33-41)40-31-34-46-45-19-7-12-27-55(45)63-56(46)35-40)54-26-14-25-53-60(54)47-20-6-11-24-52(47)61(53)50-22-9-4-17-43(50)44-18-5-10-23-51(44)61/h1-37H. The molecule has 2 aliphatic carbocycles. The highest BCUT2D eigenvalue weighted by molar-refractivity contribution is 7.26. The summed E-state index contributed by atoms with van der Waals surface area (Å²) in [6.45, 7) is 0. The molecule has 1 spiro atoms. The third-order valence-electron chi connectivity index (χ3n) is 13.9. The van der Waals surface area contributed by atoms with Gasteiger partial charge in [0.25, 0.3) is 0 Å². The number of thiophene rings is 1. The number of hydrogen-bond donors (Lipinski definition) is 0. The molecular weight excluding hydrogens is 795 g/mol. The lowest BCUT2D eigenvalue weighted by Crippen LogP contribution is -2.26. The zero-order valence-corrected chi connectivity index (χ0v) is 35.4. The van der Waals surface area contributed by atoms with E-state index in [2.05, 4.69) is 217 Å². The maximum Gasteiger partial charge on any atom is 0.136 e. The van der Waals surface area contributed by atoms with Crippen LogP contribution < -0.4 is 4.90 Å². The van der Waals surface area contributed by atoms with Crippen LogP contribution in [0.15, 0.2) is 229 Å². The number of para-hydroxylation sites is 1. The van der Waals surface area contributed by atoms with E-state index in [-0.39, 0.29) is 0 Å². The van der Waals surface area contributed by atoms with Crippen molar-refractivity contribution in [2.45, 2.75) is 5.41 Å². The second-order valence-electron chi connectivity index (χ2n) is 17.1. The van der Waals surface area contributed by atoms with E-state index in [1.54, 1.807) is 0 Å². The SMILES string of the molecule is c1ccc(-c2cc(N(c3ccc(-c4ccc5c(c4)oc4ccccc45)cc3)c3cccc4c3-c3ccccc3C43c4ccccc4-c4ccccc43)cc3sc4ccccc4c23)cc1. The minimum absolute atomic E-state index is 0.454. The van der Waals surface area contributed by atoms with Gasteiger partial charge < -0.3 is 9.32 Å². The molecule has 12 aromatic rings. The highest BCUT2D eigenvalue weighted by atomic mass is 32.1. The van der Waals surface area contributed by atoms with Crippen molar-refractivity contribution in [3.63, 3.8) is 0 Å². The average molecular weight is 832 g/mol. The van der Waals surface area contributed by atoms with Crippen LogP contribution in [0.25, 0.3) is 86.6 Å². The maximum absolute atomic E-state index is 6.34. The summed E-state index contributed by atoms with van der Waals surface area (Å²) in [5.74, 6) is 0. The zero-order valence-electron chi connectivity index (χ0n) is 34.6. The van der Waals surface area contributed by atoms with Crippen LogP contribution in [0.4, 0.5) is 17.1 Å². The molecule has 10 aromatic carbocycles. The Morgan fingerprint density at radius 1 is 0.359 bits per heavy atom. The van der Waals surface area contributed by atoms with Crippen molar-refractivity contribution in [3.05, 3.63) is 247 Å². The van der Waals surface area contributed by atoms with Crippen molar-refractivity contribution in [1.29, 1.82) is 0 Å². The summed E-state index contributed by atoms with van der Waals surface area (Å²) >= 11 is 1.87. The van der Waals surface area contributed by atoms with Crippen LogP contribution in [-0.2, 0) is 5.41 Å². The fourth-order valence-electron chi connectivity index (χ4n) is 11.3. The van der Waals surface area contributed by atoms with Gasteiger partial charge in [0.2, 0.25) is 0 Å². The van der Waals surface area contributed by atoms with Crippen molar-refractivity contribution < 1.29 is 4.42 Å². The number of rotatable bonds is 5. The number of hydrogen-bond acceptors (Lipinski definition) is 3. The zero-order chi connectivity index (χ0) is 41.9. The van der Waals surface area contributed by atoms with Gasteiger partial charge in [0.1, 0.15) is 11.2 Å². The van der Waals surface area contributed by atoms with Gasteiger partial charge in [-0.1, -0.05) is 170 Å². The quantitative estimate of drug-likeness (QED) is 0.172. The lowest BCUT2D eigenvalue weighted by atomic mass is 9.70. The third-order valence-corrected chi connectivity index (χ3v) is 15.0. The summed E-state index contributed by atoms with van der Waals surface area (Å²) in [5, 5.41) is 4.87. The van der Waals surface area contributed by atoms with Gasteiger partial charge in [0.05, 0.1) is 11.1 Å². The van der Waals surface area contributed by atoms with Crippen molar-refractivity contribution in [3.8, 4) is 44.5 Å². The van der Waals surface area contributed by atoms with Crippen molar-refractivity contribution >= 4 is 70.5 Å². The Balaban J connectivity index is 1.03. The van der Waals surface area contributed by atoms with Crippen LogP contribution in [0.1, 0.15) is 22.3 Å². The first-order valence-corrected chi connectivity index (χ1v) is 22.8. The summed E-state index contributed by atoms with van der Waals surface area (Å²) in [7, 11) is 0. The Hall–Kier alpha value is -7.98. The Bertz CT molecular complexity index is 3810. The minimum atomic E-state index is -0.454. The molecule has 3 heteroatoms. The van der Waals surface area contributed by atoms with E-state index in [9.17, 15) is 0 Å². The molecule has 0 radical (unpaired) electrons. The van der Waals surface area contributed by atoms with E-state index >= 15 is 0 Å². The smallest absolute Gasteiger partial charge is 0.136 e. The molecule has 0 unspecified atom stereocenters. The molecule has 14 rings (SSSR count). The molecule has 2 aromatic heterocycles. The van der Waals surface area contributed by atoms with Crippen molar-refractivity contribution in [1.82, 2.24) is 0 Å². The van der Waals surface area contributed by atoms with E-state index in [1.165, 1.54) is 75.8 Å². The highest BCUT2D eigenvalue weighted by Gasteiger charge is 2.52. The third kappa shape index (κ3) is 4.90. The first kappa shape index (κ1) is 35.6. The minimum Gasteiger partial charge on any atom is -0.456 e. The molecule has 2 nitrogen and oxygen atoms in total. The molecule has 0 aliphatic heterocycles. The number of benzene rings is 10. The van der Waals surface area contributed by atoms with Crippen LogP contribution >= 0.6 is 11.3 Å². The van der Waals surface area contributed by atoms with Crippen molar-refractivity contribution in [2.75, 3.05) is 4.90 Å². The summed E-state index contributed by atoms with van der Waals surface area (Å²) in [4.78, 5) is 2.52. The second-order valence-corrected chi connectivity index (χ2v) is 18.2. The lowest BCUT2D eigenvalue weighted by Gasteiger charge is -2.32. The average Bonchev–Trinajstić information content (AvgIpc) is 4.10. The summed E-state index contributed by atoms with van der Waals surface area (Å²) in [6, 6.07) is 82.9. The van der Waals surface area contributed by atoms with Crippen LogP contribution in [-0.4, -0.2) is 0 Å². The Labute approximate surface area is 374 Å². The van der Waals surface area contributed by atoms with Crippen LogP contribution in [0.2, 0.25) is 0 Å². The van der Waals surface area contributed by atoms with Gasteiger partial charge in [-0.25, -0.2) is 0 Å². The van der Waals surface area contributed by atoms with Gasteiger partial charge in [-0.05, 0) is 116 Å². The summed E-state index contributed by atoms with van der Waals surface area (Å²) in [6.07, 6.45) is 0. The van der Waals surface area contributed by atoms with Gasteiger partial charge in [-0.3, -0.25) is 0 Å². The lowest BCUT2D eigenvalue weighted by molar-refractivity contribution is 0.669. The van der Waals surface area contributed by atoms with Crippen LogP contribution in [0.3, 0.4) is 0 Å². The van der Waals surface area contributed by atoms with E-state index in [4.69, 9.17) is 4.42 Å². The molecule has 0 fully saturated rings. The fourth-order valence-corrected chi connectivity index (χ4v) is 12.4. The number of furan rings is 1. The molecule has 64 heavy (non-hydrogen) atoms. The first-order valence-electron chi connectivity index (χ1n) is 22.0. The van der Waals surface area contributed by atoms with Crippen molar-refractivity contribution in [2.24, 2.45) is 0 Å². The van der Waals surface area contributed by atoms with Gasteiger partial charge in [-0.15, -0.1) is 11.3 Å². The van der Waals surface area contributed by atoms with Gasteiger partial charge in [0, 0.05) is 47.9 Å². The molecule has 2 heterocycles. The monoisotopic (exact) mass is 831 g/mol. The van der Waals surface area contributed by atoms with Crippen LogP contribution in [0.5, 0.6) is 0 Å². The molecular formula is C61H37NOS. The predicted molar refractivity (Wildman–Crippen MR) is 268 cm³/mol. The Morgan fingerprint density at radius 3 is 1.75 bits per heavy atom. The van der Waals surface area contributed by atoms with E-state index in [0.29, 0.717) is 0 Å². The van der Waals surface area contributed by atoms with Gasteiger partial charge in [0.15, 0.2) is 0 Å². The normalized spacial score (nSPS) is 13.1. The molecule has 0 atom stereocenters. The second kappa shape index (κ2) is 13.5. The topological polar surface area (TPSA) is 16.4 Å². The molecule has 0 saturated carbocycles. The Kier molecular flexibility index (Phi) is 7.51. The fraction of sp³-hybridized carbons (Fsp3) is 0.0164. The molecule has 0 N–H and O–H groups in total. The highest BCUT2D eigenvalue weighted by Crippen LogP contribution is 2.64. The van der Waals surface area contributed by atoms with E-state index in [1.807, 2.05) is 23.5 Å². The number of anilines is 3. The van der Waals surface area contributed by atoms with Gasteiger partial charge >= 0.3 is 0 Å². The van der Waals surface area contributed by atoms with Crippen LogP contribution in [0, 0.1) is 0 Å². The molecule has 0 bridgehead atoms. The molecule has 298 valence electrons. The summed E-state index contributed by atoms with van der Waals surface area (Å²) < 4.78 is 8.90. The largest absolute Gasteiger partial charge is 0.456 e. The Morgan fingerprint density at radius 2 is 0.969 bits per heavy atom. The first-order chi connectivity index (χ1) is 31.7. The van der Waals surface area contributed by atoms with E-state index in [0.717, 1.165) is 50.1 Å². The maximum atomic E-state index is 6.34. The predicted octanol–water partition coefficient (Wildman–Crippen LogP) is 17.1. The summed E-state index contributed by atoms with van der Waals surface area (Å²) in [5.41, 5.74) is 19.9. The number of nitrogens with zero attached hydrogens (tertiary/aromatic N) is 1. The molecule has 2 aliphatic rings. The molecule has 0 saturated heterocycles. The number of fused-ring (bicyclic) bond motifs is 16. The van der Waals surface area contributed by atoms with E-state index < -0.39 is 5.41 Å². The molecule has 0 amide bonds. The van der Waals surface area contributed by atoms with Gasteiger partial charge in [-0.2, -0.15) is 0 Å².